The van der Waals surface area contributed by atoms with Crippen LogP contribution < -0.4 is 5.32 Å². The van der Waals surface area contributed by atoms with Gasteiger partial charge in [0.1, 0.15) is 11.4 Å². The lowest BCUT2D eigenvalue weighted by molar-refractivity contribution is -0.142. The zero-order valence-corrected chi connectivity index (χ0v) is 13.0. The highest BCUT2D eigenvalue weighted by atomic mass is 16.6. The van der Waals surface area contributed by atoms with Crippen molar-refractivity contribution in [3.05, 3.63) is 23.8 Å². The standard InChI is InChI=1S/C15H21NO6/c1-15(2,3)22-14(20)16-10-7-9(5-6-11(10)17)12(18)8-13(19)21-4/h5-7,12,17-18H,8H2,1-4H3,(H,16,20)/t12-/m0/s1. The molecule has 1 aromatic carbocycles. The Morgan fingerprint density at radius 1 is 1.32 bits per heavy atom. The van der Waals surface area contributed by atoms with E-state index in [9.17, 15) is 19.8 Å². The van der Waals surface area contributed by atoms with Crippen LogP contribution in [0.15, 0.2) is 18.2 Å². The normalized spacial score (nSPS) is 12.4. The van der Waals surface area contributed by atoms with E-state index in [1.54, 1.807) is 20.8 Å². The molecule has 1 amide bonds. The minimum atomic E-state index is -1.10. The van der Waals surface area contributed by atoms with E-state index in [0.717, 1.165) is 0 Å². The summed E-state index contributed by atoms with van der Waals surface area (Å²) >= 11 is 0. The smallest absolute Gasteiger partial charge is 0.412 e. The van der Waals surface area contributed by atoms with Gasteiger partial charge in [-0.05, 0) is 38.5 Å². The minimum Gasteiger partial charge on any atom is -0.506 e. The number of hydrogen-bond acceptors (Lipinski definition) is 6. The van der Waals surface area contributed by atoms with Crippen molar-refractivity contribution in [2.24, 2.45) is 0 Å². The molecular weight excluding hydrogens is 290 g/mol. The van der Waals surface area contributed by atoms with Crippen LogP contribution in [0.3, 0.4) is 0 Å². The number of anilines is 1. The minimum absolute atomic E-state index is 0.0793. The number of nitrogens with one attached hydrogen (secondary N) is 1. The van der Waals surface area contributed by atoms with Crippen LogP contribution >= 0.6 is 0 Å². The van der Waals surface area contributed by atoms with Gasteiger partial charge in [-0.2, -0.15) is 0 Å². The Kier molecular flexibility index (Phi) is 5.76. The molecule has 0 spiro atoms. The monoisotopic (exact) mass is 311 g/mol. The Labute approximate surface area is 128 Å². The van der Waals surface area contributed by atoms with Gasteiger partial charge in [0.25, 0.3) is 0 Å². The Hall–Kier alpha value is -2.28. The molecule has 0 saturated heterocycles. The summed E-state index contributed by atoms with van der Waals surface area (Å²) in [6, 6.07) is 4.12. The number of methoxy groups -OCH3 is 1. The lowest BCUT2D eigenvalue weighted by Gasteiger charge is -2.20. The van der Waals surface area contributed by atoms with Crippen LogP contribution in [0.2, 0.25) is 0 Å². The molecule has 0 saturated carbocycles. The second-order valence-electron chi connectivity index (χ2n) is 5.70. The van der Waals surface area contributed by atoms with Gasteiger partial charge in [-0.15, -0.1) is 0 Å². The number of carbonyl (C=O) groups excluding carboxylic acids is 2. The van der Waals surface area contributed by atoms with Gasteiger partial charge in [-0.1, -0.05) is 6.07 Å². The highest BCUT2D eigenvalue weighted by Crippen LogP contribution is 2.28. The number of amides is 1. The molecular formula is C15H21NO6. The summed E-state index contributed by atoms with van der Waals surface area (Å²) in [4.78, 5) is 22.9. The first-order valence-corrected chi connectivity index (χ1v) is 6.70. The summed E-state index contributed by atoms with van der Waals surface area (Å²) in [5.41, 5.74) is -0.244. The second kappa shape index (κ2) is 7.13. The Balaban J connectivity index is 2.86. The first-order chi connectivity index (χ1) is 10.1. The van der Waals surface area contributed by atoms with Gasteiger partial charge in [0.2, 0.25) is 0 Å². The number of esters is 1. The molecule has 0 aliphatic carbocycles. The third kappa shape index (κ3) is 5.61. The molecule has 0 unspecified atom stereocenters. The van der Waals surface area contributed by atoms with E-state index in [2.05, 4.69) is 10.1 Å². The van der Waals surface area contributed by atoms with Crippen LogP contribution in [-0.2, 0) is 14.3 Å². The summed E-state index contributed by atoms with van der Waals surface area (Å²) in [6.45, 7) is 5.13. The fourth-order valence-electron chi connectivity index (χ4n) is 1.63. The predicted molar refractivity (Wildman–Crippen MR) is 79.6 cm³/mol. The highest BCUT2D eigenvalue weighted by molar-refractivity contribution is 5.87. The summed E-state index contributed by atoms with van der Waals surface area (Å²) in [6.07, 6.45) is -2.07. The van der Waals surface area contributed by atoms with Gasteiger partial charge in [-0.3, -0.25) is 10.1 Å². The van der Waals surface area contributed by atoms with Gasteiger partial charge in [0.15, 0.2) is 0 Å². The van der Waals surface area contributed by atoms with Crippen molar-refractivity contribution < 1.29 is 29.3 Å². The number of phenolic OH excluding ortho intramolecular Hbond substituents is 1. The molecule has 0 heterocycles. The summed E-state index contributed by atoms with van der Waals surface area (Å²) in [5.74, 6) is -0.748. The van der Waals surface area contributed by atoms with Crippen LogP contribution in [0.25, 0.3) is 0 Å². The van der Waals surface area contributed by atoms with Crippen molar-refractivity contribution in [2.75, 3.05) is 12.4 Å². The first-order valence-electron chi connectivity index (χ1n) is 6.70. The molecule has 7 nitrogen and oxygen atoms in total. The SMILES string of the molecule is COC(=O)C[C@H](O)c1ccc(O)c(NC(=O)OC(C)(C)C)c1. The topological polar surface area (TPSA) is 105 Å². The van der Waals surface area contributed by atoms with E-state index < -0.39 is 23.8 Å². The number of hydrogen-bond donors (Lipinski definition) is 3. The average molecular weight is 311 g/mol. The van der Waals surface area contributed by atoms with E-state index in [1.165, 1.54) is 25.3 Å². The number of ether oxygens (including phenoxy) is 2. The second-order valence-corrected chi connectivity index (χ2v) is 5.70. The molecule has 122 valence electrons. The zero-order chi connectivity index (χ0) is 16.9. The van der Waals surface area contributed by atoms with Crippen molar-refractivity contribution >= 4 is 17.7 Å². The quantitative estimate of drug-likeness (QED) is 0.582. The predicted octanol–water partition coefficient (Wildman–Crippen LogP) is 2.34. The molecule has 0 aromatic heterocycles. The van der Waals surface area contributed by atoms with Crippen LogP contribution in [0.4, 0.5) is 10.5 Å². The third-order valence-electron chi connectivity index (χ3n) is 2.63. The number of benzene rings is 1. The van der Waals surface area contributed by atoms with Gasteiger partial charge in [0.05, 0.1) is 25.3 Å². The van der Waals surface area contributed by atoms with E-state index in [-0.39, 0.29) is 17.9 Å². The summed E-state index contributed by atoms with van der Waals surface area (Å²) in [5, 5.41) is 22.1. The van der Waals surface area contributed by atoms with Crippen molar-refractivity contribution in [3.8, 4) is 5.75 Å². The molecule has 0 aliphatic heterocycles. The van der Waals surface area contributed by atoms with Crippen LogP contribution in [-0.4, -0.2) is 35.0 Å². The number of phenols is 1. The van der Waals surface area contributed by atoms with Gasteiger partial charge < -0.3 is 19.7 Å². The van der Waals surface area contributed by atoms with Crippen LogP contribution in [0.1, 0.15) is 38.9 Å². The van der Waals surface area contributed by atoms with Crippen LogP contribution in [0, 0.1) is 0 Å². The molecule has 0 bridgehead atoms. The Morgan fingerprint density at radius 3 is 2.50 bits per heavy atom. The van der Waals surface area contributed by atoms with Crippen molar-refractivity contribution in [3.63, 3.8) is 0 Å². The Bertz CT molecular complexity index is 549. The molecule has 0 fully saturated rings. The zero-order valence-electron chi connectivity index (χ0n) is 13.0. The molecule has 0 aliphatic rings. The van der Waals surface area contributed by atoms with E-state index >= 15 is 0 Å². The summed E-state index contributed by atoms with van der Waals surface area (Å²) < 4.78 is 9.56. The average Bonchev–Trinajstić information content (AvgIpc) is 2.38. The van der Waals surface area contributed by atoms with E-state index in [0.29, 0.717) is 5.56 Å². The van der Waals surface area contributed by atoms with Gasteiger partial charge >= 0.3 is 12.1 Å². The maximum Gasteiger partial charge on any atom is 0.412 e. The highest BCUT2D eigenvalue weighted by Gasteiger charge is 2.19. The number of carbonyl (C=O) groups is 2. The molecule has 22 heavy (non-hydrogen) atoms. The molecule has 1 aromatic rings. The van der Waals surface area contributed by atoms with Crippen molar-refractivity contribution in [1.82, 2.24) is 0 Å². The van der Waals surface area contributed by atoms with E-state index in [4.69, 9.17) is 4.74 Å². The number of aliphatic hydroxyl groups excluding tert-OH is 1. The fourth-order valence-corrected chi connectivity index (χ4v) is 1.63. The number of aromatic hydroxyl groups is 1. The lowest BCUT2D eigenvalue weighted by Crippen LogP contribution is -2.27. The maximum absolute atomic E-state index is 11.7. The van der Waals surface area contributed by atoms with Gasteiger partial charge in [0, 0.05) is 0 Å². The van der Waals surface area contributed by atoms with E-state index in [1.807, 2.05) is 0 Å². The largest absolute Gasteiger partial charge is 0.506 e. The molecule has 3 N–H and O–H groups in total. The molecule has 7 heteroatoms. The summed E-state index contributed by atoms with van der Waals surface area (Å²) in [7, 11) is 1.22. The number of aliphatic hydroxyl groups is 1. The maximum atomic E-state index is 11.7. The molecule has 0 radical (unpaired) electrons. The van der Waals surface area contributed by atoms with Gasteiger partial charge in [-0.25, -0.2) is 4.79 Å². The molecule has 1 atom stereocenters. The van der Waals surface area contributed by atoms with Crippen molar-refractivity contribution in [1.29, 1.82) is 0 Å². The fraction of sp³-hybridized carbons (Fsp3) is 0.467. The lowest BCUT2D eigenvalue weighted by atomic mass is 10.1. The van der Waals surface area contributed by atoms with Crippen LogP contribution in [0.5, 0.6) is 5.75 Å². The molecule has 1 rings (SSSR count). The Morgan fingerprint density at radius 2 is 1.95 bits per heavy atom. The van der Waals surface area contributed by atoms with Crippen molar-refractivity contribution in [2.45, 2.75) is 38.9 Å². The third-order valence-corrected chi connectivity index (χ3v) is 2.63. The number of rotatable bonds is 4. The first kappa shape index (κ1) is 17.8.